The molecule has 8 unspecified atom stereocenters. The normalized spacial score (nSPS) is 15.0. The van der Waals surface area contributed by atoms with Crippen LogP contribution in [0.15, 0.2) is 30.5 Å². The van der Waals surface area contributed by atoms with Crippen LogP contribution in [0.1, 0.15) is 45.6 Å². The van der Waals surface area contributed by atoms with Crippen LogP contribution >= 0.6 is 0 Å². The number of rotatable bonds is 26. The van der Waals surface area contributed by atoms with Crippen LogP contribution in [0.3, 0.4) is 0 Å². The molecule has 8 atom stereocenters. The maximum absolute atomic E-state index is 13.5. The number of carboxylic acids is 2. The Balaban J connectivity index is 2.10. The van der Waals surface area contributed by atoms with Crippen LogP contribution in [-0.2, 0) is 54.4 Å². The Morgan fingerprint density at radius 2 is 1.21 bits per heavy atom. The molecule has 0 spiro atoms. The fourth-order valence-electron chi connectivity index (χ4n) is 5.78. The number of fused-ring (bicyclic) bond motifs is 1. The molecule has 2 aromatic rings. The summed E-state index contributed by atoms with van der Waals surface area (Å²) in [4.78, 5) is 128. The molecule has 62 heavy (non-hydrogen) atoms. The number of benzene rings is 1. The lowest BCUT2D eigenvalue weighted by molar-refractivity contribution is -0.142. The number of para-hydroxylation sites is 1. The second-order valence-corrected chi connectivity index (χ2v) is 14.6. The van der Waals surface area contributed by atoms with Gasteiger partial charge in [-0.25, -0.2) is 4.79 Å². The first kappa shape index (κ1) is 51.4. The molecule has 342 valence electrons. The minimum absolute atomic E-state index is 0.0253. The molecular weight excluding hydrogens is 824 g/mol. The van der Waals surface area contributed by atoms with Gasteiger partial charge in [-0.05, 0) is 30.9 Å². The summed E-state index contributed by atoms with van der Waals surface area (Å²) in [5, 5.41) is 64.3. The first-order chi connectivity index (χ1) is 29.1. The third-order valence-corrected chi connectivity index (χ3v) is 8.96. The standard InChI is InChI=1S/C37H54N10O15/c1-16(2)8-22(32(56)45-24(37(61)62)9-18-12-40-21-7-5-4-6-19(18)21)43-33(57)23(11-27(39)51)44-35(59)26(15-49)46-34(58)25(14-48)42-28(52)13-41-36(60)30(17(3)50)47-31(55)20(38)10-29(53)54/h4-7,12,16-17,20,22-26,30,40,48-50H,8-11,13-15,38H2,1-3H3,(H2,39,51)(H,41,60)(H,42,52)(H,43,57)(H,44,59)(H,45,56)(H,46,58)(H,47,55)(H,53,54)(H,61,62). The molecule has 17 N–H and O–H groups in total. The molecule has 2 rings (SSSR count). The van der Waals surface area contributed by atoms with E-state index in [-0.39, 0.29) is 18.8 Å². The second kappa shape index (κ2) is 24.5. The van der Waals surface area contributed by atoms with E-state index in [2.05, 4.69) is 31.6 Å². The number of hydrogen-bond donors (Lipinski definition) is 15. The largest absolute Gasteiger partial charge is 0.481 e. The summed E-state index contributed by atoms with van der Waals surface area (Å²) in [5.74, 6) is -12.0. The monoisotopic (exact) mass is 878 g/mol. The molecule has 0 aliphatic carbocycles. The molecule has 0 bridgehead atoms. The molecular formula is C37H54N10O15. The number of hydrogen-bond acceptors (Lipinski definition) is 14. The number of carbonyl (C=O) groups excluding carboxylic acids is 8. The highest BCUT2D eigenvalue weighted by atomic mass is 16.4. The van der Waals surface area contributed by atoms with E-state index in [1.165, 1.54) is 0 Å². The number of aromatic amines is 1. The average Bonchev–Trinajstić information content (AvgIpc) is 3.60. The van der Waals surface area contributed by atoms with Gasteiger partial charge in [-0.15, -0.1) is 0 Å². The number of aliphatic hydroxyl groups is 3. The number of H-pyrrole nitrogens is 1. The summed E-state index contributed by atoms with van der Waals surface area (Å²) in [6.45, 7) is 1.41. The van der Waals surface area contributed by atoms with E-state index in [4.69, 9.17) is 16.6 Å². The van der Waals surface area contributed by atoms with Crippen LogP contribution in [0.25, 0.3) is 10.9 Å². The molecule has 0 aliphatic rings. The van der Waals surface area contributed by atoms with Crippen LogP contribution in [0.5, 0.6) is 0 Å². The Labute approximate surface area is 353 Å². The molecule has 0 fully saturated rings. The Hall–Kier alpha value is -6.70. The highest BCUT2D eigenvalue weighted by molar-refractivity contribution is 5.98. The molecule has 1 heterocycles. The first-order valence-corrected chi connectivity index (χ1v) is 19.1. The van der Waals surface area contributed by atoms with Gasteiger partial charge < -0.3 is 79.2 Å². The molecule has 25 heteroatoms. The number of aromatic nitrogens is 1. The van der Waals surface area contributed by atoms with Gasteiger partial charge in [0.15, 0.2) is 0 Å². The van der Waals surface area contributed by atoms with Crippen LogP contribution in [-0.4, -0.2) is 158 Å². The zero-order valence-electron chi connectivity index (χ0n) is 34.0. The Morgan fingerprint density at radius 1 is 0.677 bits per heavy atom. The molecule has 25 nitrogen and oxygen atoms in total. The highest BCUT2D eigenvalue weighted by Crippen LogP contribution is 2.19. The zero-order chi connectivity index (χ0) is 46.8. The van der Waals surface area contributed by atoms with Crippen molar-refractivity contribution in [3.05, 3.63) is 36.0 Å². The van der Waals surface area contributed by atoms with Crippen molar-refractivity contribution in [3.8, 4) is 0 Å². The van der Waals surface area contributed by atoms with Gasteiger partial charge in [0.2, 0.25) is 47.3 Å². The maximum atomic E-state index is 13.5. The van der Waals surface area contributed by atoms with Crippen molar-refractivity contribution >= 4 is 70.1 Å². The summed E-state index contributed by atoms with van der Waals surface area (Å²) in [7, 11) is 0. The maximum Gasteiger partial charge on any atom is 0.326 e. The van der Waals surface area contributed by atoms with Crippen LogP contribution < -0.4 is 48.7 Å². The third kappa shape index (κ3) is 16.4. The number of nitrogens with two attached hydrogens (primary N) is 2. The number of aliphatic hydroxyl groups excluding tert-OH is 3. The summed E-state index contributed by atoms with van der Waals surface area (Å²) < 4.78 is 0. The zero-order valence-corrected chi connectivity index (χ0v) is 34.0. The molecule has 0 aliphatic heterocycles. The highest BCUT2D eigenvalue weighted by Gasteiger charge is 2.34. The minimum atomic E-state index is -1.88. The van der Waals surface area contributed by atoms with Crippen molar-refractivity contribution in [2.75, 3.05) is 19.8 Å². The lowest BCUT2D eigenvalue weighted by Gasteiger charge is -2.26. The summed E-state index contributed by atoms with van der Waals surface area (Å²) in [6.07, 6.45) is -1.72. The van der Waals surface area contributed by atoms with Crippen molar-refractivity contribution in [1.82, 2.24) is 42.2 Å². The van der Waals surface area contributed by atoms with Crippen LogP contribution in [0, 0.1) is 5.92 Å². The SMILES string of the molecule is CC(C)CC(NC(=O)C(CC(N)=O)NC(=O)C(CO)NC(=O)C(CO)NC(=O)CNC(=O)C(NC(=O)C(N)CC(=O)O)C(C)O)C(=O)NC(Cc1c[nH]c2ccccc12)C(=O)O. The summed E-state index contributed by atoms with van der Waals surface area (Å²) >= 11 is 0. The second-order valence-electron chi connectivity index (χ2n) is 14.6. The van der Waals surface area contributed by atoms with Crippen molar-refractivity contribution < 1.29 is 73.5 Å². The van der Waals surface area contributed by atoms with Crippen LogP contribution in [0.2, 0.25) is 0 Å². The van der Waals surface area contributed by atoms with Crippen molar-refractivity contribution in [2.24, 2.45) is 17.4 Å². The van der Waals surface area contributed by atoms with Crippen molar-refractivity contribution in [1.29, 1.82) is 0 Å². The Morgan fingerprint density at radius 3 is 1.76 bits per heavy atom. The molecule has 1 aromatic carbocycles. The quantitative estimate of drug-likeness (QED) is 0.0418. The lowest BCUT2D eigenvalue weighted by atomic mass is 10.0. The van der Waals surface area contributed by atoms with E-state index < -0.39 is 140 Å². The average molecular weight is 879 g/mol. The van der Waals surface area contributed by atoms with E-state index in [0.717, 1.165) is 17.8 Å². The van der Waals surface area contributed by atoms with Gasteiger partial charge in [-0.2, -0.15) is 0 Å². The molecule has 1 aromatic heterocycles. The van der Waals surface area contributed by atoms with E-state index in [0.29, 0.717) is 5.56 Å². The number of aliphatic carboxylic acids is 2. The molecule has 0 saturated heterocycles. The van der Waals surface area contributed by atoms with Gasteiger partial charge in [0.05, 0.1) is 44.7 Å². The molecule has 8 amide bonds. The number of carboxylic acid groups (broad SMARTS) is 2. The van der Waals surface area contributed by atoms with Gasteiger partial charge in [-0.1, -0.05) is 32.0 Å². The van der Waals surface area contributed by atoms with Gasteiger partial charge in [0.1, 0.15) is 36.3 Å². The van der Waals surface area contributed by atoms with Gasteiger partial charge in [0.25, 0.3) is 0 Å². The van der Waals surface area contributed by atoms with E-state index >= 15 is 0 Å². The molecule has 0 radical (unpaired) electrons. The Kier molecular flexibility index (Phi) is 20.4. The van der Waals surface area contributed by atoms with Gasteiger partial charge >= 0.3 is 11.9 Å². The fraction of sp³-hybridized carbons (Fsp3) is 0.514. The van der Waals surface area contributed by atoms with E-state index in [1.54, 1.807) is 44.3 Å². The van der Waals surface area contributed by atoms with Crippen LogP contribution in [0.4, 0.5) is 0 Å². The smallest absolute Gasteiger partial charge is 0.326 e. The lowest BCUT2D eigenvalue weighted by Crippen LogP contribution is -2.61. The predicted molar refractivity (Wildman–Crippen MR) is 214 cm³/mol. The minimum Gasteiger partial charge on any atom is -0.481 e. The predicted octanol–water partition coefficient (Wildman–Crippen LogP) is -6.09. The fourth-order valence-corrected chi connectivity index (χ4v) is 5.78. The van der Waals surface area contributed by atoms with E-state index in [1.807, 2.05) is 10.6 Å². The summed E-state index contributed by atoms with van der Waals surface area (Å²) in [5.41, 5.74) is 12.1. The number of amides is 8. The van der Waals surface area contributed by atoms with Gasteiger partial charge in [-0.3, -0.25) is 43.2 Å². The first-order valence-electron chi connectivity index (χ1n) is 19.1. The topological polar surface area (TPSA) is 424 Å². The van der Waals surface area contributed by atoms with E-state index in [9.17, 15) is 68.4 Å². The van der Waals surface area contributed by atoms with Gasteiger partial charge in [0, 0.05) is 23.5 Å². The van der Waals surface area contributed by atoms with Crippen molar-refractivity contribution in [3.63, 3.8) is 0 Å². The third-order valence-electron chi connectivity index (χ3n) is 8.96. The summed E-state index contributed by atoms with van der Waals surface area (Å²) in [6, 6.07) is -4.47. The number of carbonyl (C=O) groups is 10. The number of nitrogens with one attached hydrogen (secondary N) is 8. The Bertz CT molecular complexity index is 1950. The molecule has 0 saturated carbocycles. The number of primary amides is 1. The van der Waals surface area contributed by atoms with Crippen molar-refractivity contribution in [2.45, 2.75) is 94.9 Å².